The number of thiazole rings is 1. The van der Waals surface area contributed by atoms with Gasteiger partial charge in [-0.2, -0.15) is 0 Å². The summed E-state index contributed by atoms with van der Waals surface area (Å²) in [5.74, 6) is -0.945. The van der Waals surface area contributed by atoms with E-state index in [9.17, 15) is 19.5 Å². The summed E-state index contributed by atoms with van der Waals surface area (Å²) in [6.45, 7) is 6.38. The fourth-order valence-corrected chi connectivity index (χ4v) is 4.77. The Morgan fingerprint density at radius 2 is 2.06 bits per heavy atom. The number of amidine groups is 1. The highest BCUT2D eigenvalue weighted by Crippen LogP contribution is 2.31. The Bertz CT molecular complexity index is 1110. The molecule has 1 fully saturated rings. The van der Waals surface area contributed by atoms with Crippen molar-refractivity contribution in [3.05, 3.63) is 46.4 Å². The first-order valence-corrected chi connectivity index (χ1v) is 11.9. The van der Waals surface area contributed by atoms with Crippen LogP contribution in [0.3, 0.4) is 0 Å². The molecule has 1 aromatic rings. The van der Waals surface area contributed by atoms with E-state index in [-0.39, 0.29) is 23.8 Å². The molecule has 10 nitrogen and oxygen atoms in total. The lowest BCUT2D eigenvalue weighted by atomic mass is 9.97. The molecule has 0 saturated carbocycles. The van der Waals surface area contributed by atoms with Gasteiger partial charge in [0, 0.05) is 56.5 Å². The van der Waals surface area contributed by atoms with Crippen molar-refractivity contribution in [2.24, 2.45) is 10.9 Å². The van der Waals surface area contributed by atoms with E-state index in [1.54, 1.807) is 29.5 Å². The summed E-state index contributed by atoms with van der Waals surface area (Å²) in [6, 6.07) is 0. The third kappa shape index (κ3) is 4.80. The van der Waals surface area contributed by atoms with Crippen LogP contribution in [0.4, 0.5) is 5.13 Å². The fourth-order valence-electron chi connectivity index (χ4n) is 4.13. The number of aliphatic carboxylic acids is 1. The minimum atomic E-state index is -1.30. The molecule has 1 saturated heterocycles. The van der Waals surface area contributed by atoms with Crippen LogP contribution in [-0.2, 0) is 19.1 Å². The maximum atomic E-state index is 13.1. The summed E-state index contributed by atoms with van der Waals surface area (Å²) in [5.41, 5.74) is 0.697. The Labute approximate surface area is 201 Å². The third-order valence-corrected chi connectivity index (χ3v) is 6.76. The number of carboxylic acids is 1. The van der Waals surface area contributed by atoms with Crippen LogP contribution in [0, 0.1) is 5.92 Å². The number of carboxylic acid groups (broad SMARTS) is 1. The first-order chi connectivity index (χ1) is 16.3. The number of allylic oxidation sites excluding steroid dienone is 2. The van der Waals surface area contributed by atoms with Crippen LogP contribution >= 0.6 is 11.3 Å². The molecule has 1 N–H and O–H groups in total. The molecule has 4 heterocycles. The molecular formula is C23H27N5O5S. The molecule has 34 heavy (non-hydrogen) atoms. The van der Waals surface area contributed by atoms with Crippen molar-refractivity contribution >= 4 is 40.0 Å². The van der Waals surface area contributed by atoms with Gasteiger partial charge in [-0.3, -0.25) is 14.5 Å². The monoisotopic (exact) mass is 485 g/mol. The molecule has 1 unspecified atom stereocenters. The summed E-state index contributed by atoms with van der Waals surface area (Å²) in [6.07, 6.45) is 4.86. The second-order valence-corrected chi connectivity index (χ2v) is 9.32. The van der Waals surface area contributed by atoms with Gasteiger partial charge in [-0.25, -0.2) is 14.8 Å². The average Bonchev–Trinajstić information content (AvgIpc) is 3.24. The van der Waals surface area contributed by atoms with Gasteiger partial charge >= 0.3 is 5.97 Å². The number of nitrogens with zero attached hydrogens (tertiary/aromatic N) is 5. The van der Waals surface area contributed by atoms with Crippen molar-refractivity contribution in [1.82, 2.24) is 14.8 Å². The lowest BCUT2D eigenvalue weighted by Gasteiger charge is -2.31. The largest absolute Gasteiger partial charge is 0.477 e. The Morgan fingerprint density at radius 1 is 1.32 bits per heavy atom. The highest BCUT2D eigenvalue weighted by molar-refractivity contribution is 7.13. The number of morpholine rings is 1. The molecule has 0 spiro atoms. The van der Waals surface area contributed by atoms with Crippen LogP contribution in [0.1, 0.15) is 20.3 Å². The molecule has 11 heteroatoms. The molecule has 3 aliphatic heterocycles. The normalized spacial score (nSPS) is 19.6. The van der Waals surface area contributed by atoms with Gasteiger partial charge in [-0.1, -0.05) is 6.92 Å². The first kappa shape index (κ1) is 23.8. The van der Waals surface area contributed by atoms with Gasteiger partial charge in [0.25, 0.3) is 0 Å². The molecule has 1 aromatic heterocycles. The number of hydrogen-bond donors (Lipinski definition) is 1. The Kier molecular flexibility index (Phi) is 6.94. The highest BCUT2D eigenvalue weighted by atomic mass is 32.1. The van der Waals surface area contributed by atoms with Crippen molar-refractivity contribution < 1.29 is 24.2 Å². The molecule has 1 amide bonds. The Balaban J connectivity index is 1.65. The third-order valence-electron chi connectivity index (χ3n) is 5.99. The molecule has 1 atom stereocenters. The van der Waals surface area contributed by atoms with Gasteiger partial charge < -0.3 is 19.6 Å². The van der Waals surface area contributed by atoms with Gasteiger partial charge in [-0.15, -0.1) is 11.3 Å². The van der Waals surface area contributed by atoms with Crippen molar-refractivity contribution in [2.75, 3.05) is 44.8 Å². The molecule has 4 rings (SSSR count). The van der Waals surface area contributed by atoms with Crippen LogP contribution in [-0.4, -0.2) is 83.3 Å². The summed E-state index contributed by atoms with van der Waals surface area (Å²) in [7, 11) is 1.86. The van der Waals surface area contributed by atoms with Crippen LogP contribution in [0.25, 0.3) is 0 Å². The van der Waals surface area contributed by atoms with E-state index in [1.807, 2.05) is 23.8 Å². The van der Waals surface area contributed by atoms with Crippen LogP contribution in [0.2, 0.25) is 0 Å². The van der Waals surface area contributed by atoms with E-state index in [2.05, 4.69) is 4.98 Å². The molecule has 0 aliphatic carbocycles. The number of rotatable bonds is 6. The van der Waals surface area contributed by atoms with Gasteiger partial charge in [-0.05, 0) is 18.6 Å². The lowest BCUT2D eigenvalue weighted by molar-refractivity contribution is -0.139. The standard InChI is InChI=1S/C23H27N5O5S/c1-14-10-18(26(3)12-15(2)21(30)27-5-7-33-8-6-27)25-19-11-16(14)20(29)17(22(31)32)13-28(19)23-24-4-9-34-23/h4,9-10,13,15H,5-8,11-12H2,1-3H3,(H,31,32). The van der Waals surface area contributed by atoms with Crippen molar-refractivity contribution in [1.29, 1.82) is 0 Å². The van der Waals surface area contributed by atoms with E-state index in [0.29, 0.717) is 60.8 Å². The van der Waals surface area contributed by atoms with Crippen LogP contribution < -0.4 is 4.90 Å². The molecule has 0 radical (unpaired) electrons. The van der Waals surface area contributed by atoms with Gasteiger partial charge in [0.1, 0.15) is 17.2 Å². The van der Waals surface area contributed by atoms with Gasteiger partial charge in [0.2, 0.25) is 5.91 Å². The van der Waals surface area contributed by atoms with Crippen molar-refractivity contribution in [3.8, 4) is 0 Å². The maximum absolute atomic E-state index is 13.1. The summed E-state index contributed by atoms with van der Waals surface area (Å²) in [4.78, 5) is 52.2. The quantitative estimate of drug-likeness (QED) is 0.608. The van der Waals surface area contributed by atoms with Crippen LogP contribution in [0.5, 0.6) is 0 Å². The predicted octanol–water partition coefficient (Wildman–Crippen LogP) is 1.89. The summed E-state index contributed by atoms with van der Waals surface area (Å²) < 4.78 is 5.34. The number of aliphatic imine (C=N–C) groups is 1. The number of amides is 1. The number of aromatic nitrogens is 1. The van der Waals surface area contributed by atoms with E-state index < -0.39 is 11.8 Å². The number of anilines is 1. The first-order valence-electron chi connectivity index (χ1n) is 11.0. The van der Waals surface area contributed by atoms with Crippen LogP contribution in [0.15, 0.2) is 51.4 Å². The van der Waals surface area contributed by atoms with E-state index in [4.69, 9.17) is 9.73 Å². The minimum absolute atomic E-state index is 0.0660. The second-order valence-electron chi connectivity index (χ2n) is 8.45. The average molecular weight is 486 g/mol. The number of fused-ring (bicyclic) bond motifs is 2. The molecule has 2 bridgehead atoms. The summed E-state index contributed by atoms with van der Waals surface area (Å²) >= 11 is 1.32. The number of Topliss-reactive ketones (excluding diaryl/α,β-unsaturated/α-hetero) is 1. The zero-order valence-corrected chi connectivity index (χ0v) is 20.2. The number of hydrogen-bond acceptors (Lipinski definition) is 9. The second kappa shape index (κ2) is 9.90. The number of ether oxygens (including phenoxy) is 1. The molecule has 3 aliphatic rings. The van der Waals surface area contributed by atoms with Gasteiger partial charge in [0.05, 0.1) is 19.1 Å². The minimum Gasteiger partial charge on any atom is -0.477 e. The SMILES string of the molecule is CC1=C2CC(=NC(N(C)CC(C)C(=O)N3CCOCC3)=C1)N(c1nccs1)C=C(C(=O)O)C2=O. The fraction of sp³-hybridized carbons (Fsp3) is 0.435. The lowest BCUT2D eigenvalue weighted by Crippen LogP contribution is -2.45. The molecular weight excluding hydrogens is 458 g/mol. The Morgan fingerprint density at radius 3 is 2.71 bits per heavy atom. The zero-order chi connectivity index (χ0) is 24.4. The number of ketones is 1. The topological polar surface area (TPSA) is 116 Å². The zero-order valence-electron chi connectivity index (χ0n) is 19.4. The smallest absolute Gasteiger partial charge is 0.341 e. The highest BCUT2D eigenvalue weighted by Gasteiger charge is 2.33. The number of carbonyl (C=O) groups excluding carboxylic acids is 2. The Hall–Kier alpha value is -3.31. The van der Waals surface area contributed by atoms with E-state index in [1.165, 1.54) is 17.5 Å². The predicted molar refractivity (Wildman–Crippen MR) is 127 cm³/mol. The van der Waals surface area contributed by atoms with E-state index >= 15 is 0 Å². The molecule has 180 valence electrons. The van der Waals surface area contributed by atoms with Crippen molar-refractivity contribution in [3.63, 3.8) is 0 Å². The summed E-state index contributed by atoms with van der Waals surface area (Å²) in [5, 5.41) is 12.0. The van der Waals surface area contributed by atoms with E-state index in [0.717, 1.165) is 0 Å². The van der Waals surface area contributed by atoms with Gasteiger partial charge in [0.15, 0.2) is 10.9 Å². The van der Waals surface area contributed by atoms with Crippen molar-refractivity contribution in [2.45, 2.75) is 20.3 Å². The molecule has 0 aromatic carbocycles. The maximum Gasteiger partial charge on any atom is 0.341 e. The number of carbonyl (C=O) groups is 3.